The summed E-state index contributed by atoms with van der Waals surface area (Å²) < 4.78 is 37.1. The Kier molecular flexibility index (Phi) is 6.32. The molecule has 0 spiro atoms. The van der Waals surface area contributed by atoms with E-state index in [4.69, 9.17) is 11.6 Å². The van der Waals surface area contributed by atoms with Crippen LogP contribution in [0.5, 0.6) is 0 Å². The maximum atomic E-state index is 11.9. The largest absolute Gasteiger partial charge is 0.389 e. The van der Waals surface area contributed by atoms with Crippen molar-refractivity contribution in [2.45, 2.75) is 45.3 Å². The van der Waals surface area contributed by atoms with Gasteiger partial charge >= 0.3 is 6.18 Å². The molecule has 114 valence electrons. The van der Waals surface area contributed by atoms with E-state index in [2.05, 4.69) is 10.4 Å². The minimum atomic E-state index is -4.13. The minimum absolute atomic E-state index is 0.0178. The van der Waals surface area contributed by atoms with E-state index in [0.717, 1.165) is 6.42 Å². The monoisotopic (exact) mass is 311 g/mol. The Labute approximate surface area is 119 Å². The third-order valence-electron chi connectivity index (χ3n) is 2.62. The van der Waals surface area contributed by atoms with Crippen LogP contribution in [0.2, 0.25) is 5.02 Å². The van der Waals surface area contributed by atoms with Gasteiger partial charge in [0.2, 0.25) is 0 Å². The van der Waals surface area contributed by atoms with Crippen LogP contribution in [0.15, 0.2) is 11.0 Å². The molecule has 0 bridgehead atoms. The normalized spacial score (nSPS) is 11.7. The Morgan fingerprint density at radius 2 is 2.10 bits per heavy atom. The molecule has 20 heavy (non-hydrogen) atoms. The second-order valence-corrected chi connectivity index (χ2v) is 4.78. The first-order valence-corrected chi connectivity index (χ1v) is 6.79. The van der Waals surface area contributed by atoms with Gasteiger partial charge in [0.1, 0.15) is 5.02 Å². The molecule has 1 rings (SSSR count). The van der Waals surface area contributed by atoms with Gasteiger partial charge in [-0.05, 0) is 19.3 Å². The van der Waals surface area contributed by atoms with Gasteiger partial charge in [0.05, 0.1) is 11.9 Å². The van der Waals surface area contributed by atoms with Gasteiger partial charge in [0, 0.05) is 19.5 Å². The molecule has 0 atom stereocenters. The number of rotatable bonds is 7. The fourth-order valence-electron chi connectivity index (χ4n) is 1.63. The summed E-state index contributed by atoms with van der Waals surface area (Å²) >= 11 is 5.90. The summed E-state index contributed by atoms with van der Waals surface area (Å²) in [5.41, 5.74) is -0.0372. The fourth-order valence-corrected chi connectivity index (χ4v) is 1.85. The quantitative estimate of drug-likeness (QED) is 0.785. The first kappa shape index (κ1) is 16.8. The number of nitrogens with zero attached hydrogens (tertiary/aromatic N) is 2. The van der Waals surface area contributed by atoms with Gasteiger partial charge in [-0.1, -0.05) is 18.5 Å². The summed E-state index contributed by atoms with van der Waals surface area (Å²) in [6.45, 7) is 2.70. The van der Waals surface area contributed by atoms with Crippen molar-refractivity contribution in [1.29, 1.82) is 0 Å². The average molecular weight is 312 g/mol. The molecule has 0 aromatic carbocycles. The van der Waals surface area contributed by atoms with Crippen molar-refractivity contribution in [3.05, 3.63) is 21.6 Å². The molecule has 1 aromatic heterocycles. The number of aromatic nitrogens is 2. The van der Waals surface area contributed by atoms with E-state index < -0.39 is 18.2 Å². The highest BCUT2D eigenvalue weighted by molar-refractivity contribution is 6.32. The summed E-state index contributed by atoms with van der Waals surface area (Å²) in [4.78, 5) is 11.8. The number of nitrogens with one attached hydrogen (secondary N) is 1. The summed E-state index contributed by atoms with van der Waals surface area (Å²) in [5, 5.41) is 6.80. The lowest BCUT2D eigenvalue weighted by Gasteiger charge is -2.10. The van der Waals surface area contributed by atoms with Gasteiger partial charge in [-0.25, -0.2) is 4.68 Å². The molecule has 0 aliphatic rings. The Hall–Kier alpha value is -1.24. The molecule has 0 aliphatic heterocycles. The van der Waals surface area contributed by atoms with Gasteiger partial charge in [0.15, 0.2) is 0 Å². The van der Waals surface area contributed by atoms with Crippen molar-refractivity contribution in [2.75, 3.05) is 11.9 Å². The van der Waals surface area contributed by atoms with Crippen molar-refractivity contribution in [1.82, 2.24) is 9.78 Å². The maximum Gasteiger partial charge on any atom is 0.389 e. The van der Waals surface area contributed by atoms with Crippen molar-refractivity contribution in [3.63, 3.8) is 0 Å². The highest BCUT2D eigenvalue weighted by Crippen LogP contribution is 2.22. The van der Waals surface area contributed by atoms with Gasteiger partial charge in [-0.15, -0.1) is 0 Å². The second-order valence-electron chi connectivity index (χ2n) is 4.40. The summed E-state index contributed by atoms with van der Waals surface area (Å²) in [5.74, 6) is 0. The predicted molar refractivity (Wildman–Crippen MR) is 72.2 cm³/mol. The minimum Gasteiger partial charge on any atom is -0.382 e. The first-order valence-electron chi connectivity index (χ1n) is 6.41. The van der Waals surface area contributed by atoms with Crippen LogP contribution in [0.3, 0.4) is 0 Å². The molecular weight excluding hydrogens is 295 g/mol. The molecule has 0 saturated heterocycles. The molecule has 0 fully saturated rings. The van der Waals surface area contributed by atoms with Gasteiger partial charge in [-0.2, -0.15) is 18.3 Å². The van der Waals surface area contributed by atoms with Gasteiger partial charge in [-0.3, -0.25) is 4.79 Å². The summed E-state index contributed by atoms with van der Waals surface area (Å²) in [6.07, 6.45) is -2.38. The molecule has 0 unspecified atom stereocenters. The molecule has 0 amide bonds. The zero-order valence-corrected chi connectivity index (χ0v) is 11.9. The van der Waals surface area contributed by atoms with Crippen LogP contribution in [-0.4, -0.2) is 22.5 Å². The lowest BCUT2D eigenvalue weighted by Crippen LogP contribution is -2.24. The predicted octanol–water partition coefficient (Wildman–Crippen LogP) is 3.45. The Morgan fingerprint density at radius 1 is 1.40 bits per heavy atom. The standard InChI is InChI=1S/C12H17ClF3N3O/c1-2-7-19-11(20)10(13)9(8-18-19)17-6-4-3-5-12(14,15)16/h8,17H,2-7H2,1H3. The molecule has 0 saturated carbocycles. The first-order chi connectivity index (χ1) is 9.35. The lowest BCUT2D eigenvalue weighted by molar-refractivity contribution is -0.135. The van der Waals surface area contributed by atoms with Crippen molar-refractivity contribution < 1.29 is 13.2 Å². The van der Waals surface area contributed by atoms with Gasteiger partial charge < -0.3 is 5.32 Å². The zero-order chi connectivity index (χ0) is 15.2. The van der Waals surface area contributed by atoms with Crippen LogP contribution in [0.25, 0.3) is 0 Å². The number of anilines is 1. The summed E-state index contributed by atoms with van der Waals surface area (Å²) in [7, 11) is 0. The second kappa shape index (κ2) is 7.52. The number of halogens is 4. The number of alkyl halides is 3. The number of aryl methyl sites for hydroxylation is 1. The van der Waals surface area contributed by atoms with E-state index in [-0.39, 0.29) is 11.4 Å². The molecule has 0 radical (unpaired) electrons. The van der Waals surface area contributed by atoms with Crippen LogP contribution in [0.4, 0.5) is 18.9 Å². The molecule has 1 aromatic rings. The van der Waals surface area contributed by atoms with Gasteiger partial charge in [0.25, 0.3) is 5.56 Å². The molecule has 8 heteroatoms. The SMILES string of the molecule is CCCn1ncc(NCCCCC(F)(F)F)c(Cl)c1=O. The van der Waals surface area contributed by atoms with Crippen molar-refractivity contribution >= 4 is 17.3 Å². The highest BCUT2D eigenvalue weighted by atomic mass is 35.5. The third kappa shape index (κ3) is 5.40. The highest BCUT2D eigenvalue weighted by Gasteiger charge is 2.25. The van der Waals surface area contributed by atoms with E-state index in [1.807, 2.05) is 6.92 Å². The smallest absolute Gasteiger partial charge is 0.382 e. The number of hydrogen-bond donors (Lipinski definition) is 1. The van der Waals surface area contributed by atoms with E-state index in [1.54, 1.807) is 0 Å². The lowest BCUT2D eigenvalue weighted by atomic mass is 10.2. The summed E-state index contributed by atoms with van der Waals surface area (Å²) in [6, 6.07) is 0. The van der Waals surface area contributed by atoms with Crippen LogP contribution < -0.4 is 10.9 Å². The van der Waals surface area contributed by atoms with E-state index >= 15 is 0 Å². The number of unbranched alkanes of at least 4 members (excludes halogenated alkanes) is 1. The molecule has 1 N–H and O–H groups in total. The molecule has 4 nitrogen and oxygen atoms in total. The third-order valence-corrected chi connectivity index (χ3v) is 2.99. The van der Waals surface area contributed by atoms with E-state index in [0.29, 0.717) is 25.2 Å². The van der Waals surface area contributed by atoms with Crippen LogP contribution in [-0.2, 0) is 6.54 Å². The van der Waals surface area contributed by atoms with Crippen LogP contribution in [0.1, 0.15) is 32.6 Å². The van der Waals surface area contributed by atoms with E-state index in [9.17, 15) is 18.0 Å². The van der Waals surface area contributed by atoms with Crippen molar-refractivity contribution in [2.24, 2.45) is 0 Å². The van der Waals surface area contributed by atoms with E-state index in [1.165, 1.54) is 10.9 Å². The van der Waals surface area contributed by atoms with Crippen molar-refractivity contribution in [3.8, 4) is 0 Å². The van der Waals surface area contributed by atoms with Crippen LogP contribution in [0, 0.1) is 0 Å². The van der Waals surface area contributed by atoms with Crippen LogP contribution >= 0.6 is 11.6 Å². The molecule has 0 aliphatic carbocycles. The number of hydrogen-bond acceptors (Lipinski definition) is 3. The molecular formula is C12H17ClF3N3O. The zero-order valence-electron chi connectivity index (χ0n) is 11.1. The Morgan fingerprint density at radius 3 is 2.70 bits per heavy atom. The topological polar surface area (TPSA) is 46.9 Å². The fraction of sp³-hybridized carbons (Fsp3) is 0.667. The average Bonchev–Trinajstić information content (AvgIpc) is 2.36. The maximum absolute atomic E-state index is 11.9. The Balaban J connectivity index is 2.49. The Bertz CT molecular complexity index is 488. The molecule has 1 heterocycles.